The lowest BCUT2D eigenvalue weighted by Crippen LogP contribution is -2.25. The summed E-state index contributed by atoms with van der Waals surface area (Å²) in [4.78, 5) is 0.430. The van der Waals surface area contributed by atoms with Crippen LogP contribution in [0.1, 0.15) is 69.4 Å². The van der Waals surface area contributed by atoms with Crippen LogP contribution in [-0.4, -0.2) is 15.0 Å². The van der Waals surface area contributed by atoms with Crippen molar-refractivity contribution < 1.29 is 8.42 Å². The summed E-state index contributed by atoms with van der Waals surface area (Å²) < 4.78 is 28.4. The fourth-order valence-electron chi connectivity index (χ4n) is 4.00. The van der Waals surface area contributed by atoms with E-state index in [1.165, 1.54) is 49.7 Å². The van der Waals surface area contributed by atoms with Crippen LogP contribution in [-0.2, 0) is 22.9 Å². The van der Waals surface area contributed by atoms with Crippen LogP contribution in [0.4, 0.5) is 0 Å². The number of rotatable bonds is 11. The van der Waals surface area contributed by atoms with Crippen molar-refractivity contribution in [2.75, 3.05) is 6.54 Å². The average molecular weight is 374 g/mol. The molecule has 0 saturated heterocycles. The molecule has 1 aliphatic carbocycles. The van der Waals surface area contributed by atoms with E-state index in [-0.39, 0.29) is 0 Å². The molecule has 0 saturated carbocycles. The first kappa shape index (κ1) is 19.4. The molecular weight excluding hydrogens is 342 g/mol. The smallest absolute Gasteiger partial charge is 0.211 e. The van der Waals surface area contributed by atoms with Gasteiger partial charge in [-0.15, -0.1) is 0 Å². The number of aryl methyl sites for hydroxylation is 2. The molecule has 2 aromatic carbocycles. The minimum atomic E-state index is -3.45. The third kappa shape index (κ3) is 4.47. The molecule has 0 fully saturated rings. The fraction of sp³-hybridized carbons (Fsp3) is 0.545. The molecule has 1 aliphatic rings. The Bertz CT molecular complexity index is 832. The molecule has 0 amide bonds. The van der Waals surface area contributed by atoms with E-state index in [4.69, 9.17) is 0 Å². The molecule has 3 rings (SSSR count). The van der Waals surface area contributed by atoms with Crippen molar-refractivity contribution in [1.29, 1.82) is 0 Å². The second-order valence-electron chi connectivity index (χ2n) is 7.44. The van der Waals surface area contributed by atoms with Crippen LogP contribution in [0.5, 0.6) is 0 Å². The van der Waals surface area contributed by atoms with Gasteiger partial charge in [-0.2, -0.15) is 0 Å². The first-order valence-electron chi connectivity index (χ1n) is 10.2. The van der Waals surface area contributed by atoms with Crippen LogP contribution in [0.15, 0.2) is 35.2 Å². The van der Waals surface area contributed by atoms with Crippen molar-refractivity contribution in [2.24, 2.45) is 0 Å². The summed E-state index contributed by atoms with van der Waals surface area (Å²) in [6.45, 7) is 2.76. The first-order valence-corrected chi connectivity index (χ1v) is 11.6. The Kier molecular flexibility index (Phi) is 6.71. The van der Waals surface area contributed by atoms with E-state index in [0.717, 1.165) is 36.5 Å². The van der Waals surface area contributed by atoms with Gasteiger partial charge in [-0.1, -0.05) is 76.1 Å². The Morgan fingerprint density at radius 3 is 2.23 bits per heavy atom. The van der Waals surface area contributed by atoms with Gasteiger partial charge in [0.1, 0.15) is 0 Å². The summed E-state index contributed by atoms with van der Waals surface area (Å²) in [7, 11) is -3.45. The Labute approximate surface area is 158 Å². The summed E-state index contributed by atoms with van der Waals surface area (Å²) in [5.74, 6) is 0. The van der Waals surface area contributed by atoms with Gasteiger partial charge in [-0.05, 0) is 41.8 Å². The topological polar surface area (TPSA) is 46.2 Å². The molecule has 0 heterocycles. The molecule has 26 heavy (non-hydrogen) atoms. The van der Waals surface area contributed by atoms with Gasteiger partial charge >= 0.3 is 0 Å². The Morgan fingerprint density at radius 2 is 1.50 bits per heavy atom. The van der Waals surface area contributed by atoms with Crippen molar-refractivity contribution >= 4 is 20.8 Å². The lowest BCUT2D eigenvalue weighted by atomic mass is 10.1. The average Bonchev–Trinajstić information content (AvgIpc) is 3.05. The molecule has 0 atom stereocenters. The van der Waals surface area contributed by atoms with Crippen LogP contribution in [0.3, 0.4) is 0 Å². The molecule has 4 heteroatoms. The third-order valence-electron chi connectivity index (χ3n) is 5.45. The van der Waals surface area contributed by atoms with Gasteiger partial charge in [0, 0.05) is 11.9 Å². The lowest BCUT2D eigenvalue weighted by Gasteiger charge is -2.11. The number of unbranched alkanes of at least 4 members (excludes halogenated alkanes) is 7. The van der Waals surface area contributed by atoms with Crippen LogP contribution in [0, 0.1) is 0 Å². The SMILES string of the molecule is CCCCCCCCCCNS(=O)(=O)c1ccc2c3c(cccc13)CC2. The zero-order valence-electron chi connectivity index (χ0n) is 15.9. The molecule has 3 nitrogen and oxygen atoms in total. The molecule has 0 aromatic heterocycles. The zero-order valence-corrected chi connectivity index (χ0v) is 16.7. The number of sulfonamides is 1. The Morgan fingerprint density at radius 1 is 0.846 bits per heavy atom. The minimum Gasteiger partial charge on any atom is -0.211 e. The molecule has 142 valence electrons. The van der Waals surface area contributed by atoms with Gasteiger partial charge in [0.2, 0.25) is 10.0 Å². The second kappa shape index (κ2) is 9.01. The van der Waals surface area contributed by atoms with Crippen LogP contribution < -0.4 is 4.72 Å². The van der Waals surface area contributed by atoms with Gasteiger partial charge in [0.05, 0.1) is 4.90 Å². The van der Waals surface area contributed by atoms with Crippen molar-refractivity contribution in [1.82, 2.24) is 4.72 Å². The largest absolute Gasteiger partial charge is 0.241 e. The van der Waals surface area contributed by atoms with E-state index >= 15 is 0 Å². The molecule has 0 spiro atoms. The second-order valence-corrected chi connectivity index (χ2v) is 9.17. The molecule has 0 radical (unpaired) electrons. The Balaban J connectivity index is 1.54. The van der Waals surface area contributed by atoms with E-state index in [2.05, 4.69) is 17.7 Å². The summed E-state index contributed by atoms with van der Waals surface area (Å²) >= 11 is 0. The highest BCUT2D eigenvalue weighted by Gasteiger charge is 2.21. The number of nitrogens with one attached hydrogen (secondary N) is 1. The standard InChI is InChI=1S/C22H31NO2S/c1-2-3-4-5-6-7-8-9-17-23-26(24,25)21-16-15-19-14-13-18-11-10-12-20(21)22(18)19/h10-12,15-16,23H,2-9,13-14,17H2,1H3. The number of benzene rings is 2. The molecule has 1 N–H and O–H groups in total. The van der Waals surface area contributed by atoms with Gasteiger partial charge < -0.3 is 0 Å². The maximum atomic E-state index is 12.8. The Hall–Kier alpha value is -1.39. The van der Waals surface area contributed by atoms with Crippen LogP contribution >= 0.6 is 0 Å². The van der Waals surface area contributed by atoms with E-state index in [0.29, 0.717) is 11.4 Å². The van der Waals surface area contributed by atoms with E-state index in [9.17, 15) is 8.42 Å². The summed E-state index contributed by atoms with van der Waals surface area (Å²) in [5, 5.41) is 2.03. The molecule has 2 aromatic rings. The summed E-state index contributed by atoms with van der Waals surface area (Å²) in [6.07, 6.45) is 11.7. The predicted octanol–water partition coefficient (Wildman–Crippen LogP) is 5.36. The van der Waals surface area contributed by atoms with Gasteiger partial charge in [0.25, 0.3) is 0 Å². The quantitative estimate of drug-likeness (QED) is 0.539. The lowest BCUT2D eigenvalue weighted by molar-refractivity contribution is 0.559. The third-order valence-corrected chi connectivity index (χ3v) is 6.97. The summed E-state index contributed by atoms with van der Waals surface area (Å²) in [6, 6.07) is 9.80. The predicted molar refractivity (Wildman–Crippen MR) is 109 cm³/mol. The molecule has 0 unspecified atom stereocenters. The van der Waals surface area contributed by atoms with Crippen molar-refractivity contribution in [3.8, 4) is 0 Å². The first-order chi connectivity index (χ1) is 12.6. The molecular formula is C22H31NO2S. The van der Waals surface area contributed by atoms with E-state index in [1.807, 2.05) is 18.2 Å². The normalized spacial score (nSPS) is 13.6. The van der Waals surface area contributed by atoms with Gasteiger partial charge in [-0.25, -0.2) is 13.1 Å². The number of hydrogen-bond acceptors (Lipinski definition) is 2. The molecule has 0 bridgehead atoms. The summed E-state index contributed by atoms with van der Waals surface area (Å²) in [5.41, 5.74) is 2.55. The highest BCUT2D eigenvalue weighted by Crippen LogP contribution is 2.34. The fourth-order valence-corrected chi connectivity index (χ4v) is 5.27. The van der Waals surface area contributed by atoms with E-state index in [1.54, 1.807) is 6.07 Å². The van der Waals surface area contributed by atoms with Crippen LogP contribution in [0.25, 0.3) is 10.8 Å². The highest BCUT2D eigenvalue weighted by atomic mass is 32.2. The van der Waals surface area contributed by atoms with Crippen LogP contribution in [0.2, 0.25) is 0 Å². The highest BCUT2D eigenvalue weighted by molar-refractivity contribution is 7.89. The maximum absolute atomic E-state index is 12.8. The molecule has 0 aliphatic heterocycles. The number of hydrogen-bond donors (Lipinski definition) is 1. The van der Waals surface area contributed by atoms with Gasteiger partial charge in [-0.3, -0.25) is 0 Å². The van der Waals surface area contributed by atoms with Crippen molar-refractivity contribution in [2.45, 2.75) is 76.0 Å². The maximum Gasteiger partial charge on any atom is 0.241 e. The monoisotopic (exact) mass is 373 g/mol. The van der Waals surface area contributed by atoms with Crippen molar-refractivity contribution in [3.05, 3.63) is 41.5 Å². The van der Waals surface area contributed by atoms with E-state index < -0.39 is 10.0 Å². The minimum absolute atomic E-state index is 0.430. The van der Waals surface area contributed by atoms with Gasteiger partial charge in [0.15, 0.2) is 0 Å². The van der Waals surface area contributed by atoms with Crippen molar-refractivity contribution in [3.63, 3.8) is 0 Å². The zero-order chi connectivity index (χ0) is 18.4.